The Hall–Kier alpha value is -0.610. The Morgan fingerprint density at radius 3 is 2.56 bits per heavy atom. The summed E-state index contributed by atoms with van der Waals surface area (Å²) in [5.74, 6) is 0.0198. The third-order valence-electron chi connectivity index (χ3n) is 2.81. The van der Waals surface area contributed by atoms with E-state index in [1.807, 2.05) is 20.8 Å². The first-order valence-corrected chi connectivity index (χ1v) is 5.94. The van der Waals surface area contributed by atoms with E-state index < -0.39 is 11.6 Å². The molecule has 0 aromatic carbocycles. The number of aliphatic hydroxyl groups excluding tert-OH is 1. The molecule has 3 N–H and O–H groups in total. The Morgan fingerprint density at radius 2 is 2.12 bits per heavy atom. The molecule has 0 spiro atoms. The first-order valence-electron chi connectivity index (χ1n) is 5.94. The molecule has 3 atom stereocenters. The maximum absolute atomic E-state index is 11.6. The lowest BCUT2D eigenvalue weighted by Gasteiger charge is -2.23. The number of aliphatic hydroxyl groups is 1. The zero-order valence-corrected chi connectivity index (χ0v) is 10.4. The van der Waals surface area contributed by atoms with Crippen LogP contribution in [0.3, 0.4) is 0 Å². The molecule has 1 saturated carbocycles. The van der Waals surface area contributed by atoms with Gasteiger partial charge in [-0.05, 0) is 52.4 Å². The van der Waals surface area contributed by atoms with Gasteiger partial charge in [-0.3, -0.25) is 4.79 Å². The Morgan fingerprint density at radius 1 is 1.50 bits per heavy atom. The van der Waals surface area contributed by atoms with Gasteiger partial charge >= 0.3 is 5.97 Å². The quantitative estimate of drug-likeness (QED) is 0.713. The molecule has 0 amide bonds. The van der Waals surface area contributed by atoms with Crippen LogP contribution < -0.4 is 5.73 Å². The van der Waals surface area contributed by atoms with Crippen molar-refractivity contribution in [1.82, 2.24) is 0 Å². The number of hydrogen-bond donors (Lipinski definition) is 2. The predicted molar refractivity (Wildman–Crippen MR) is 61.8 cm³/mol. The smallest absolute Gasteiger partial charge is 0.323 e. The fraction of sp³-hybridized carbons (Fsp3) is 0.917. The van der Waals surface area contributed by atoms with Gasteiger partial charge in [-0.2, -0.15) is 0 Å². The summed E-state index contributed by atoms with van der Waals surface area (Å²) >= 11 is 0. The third kappa shape index (κ3) is 4.49. The second-order valence-corrected chi connectivity index (χ2v) is 5.71. The molecule has 4 nitrogen and oxygen atoms in total. The van der Waals surface area contributed by atoms with Crippen molar-refractivity contribution in [3.05, 3.63) is 0 Å². The third-order valence-corrected chi connectivity index (χ3v) is 2.81. The highest BCUT2D eigenvalue weighted by molar-refractivity contribution is 5.75. The zero-order valence-electron chi connectivity index (χ0n) is 10.4. The number of carbonyl (C=O) groups excluding carboxylic acids is 1. The van der Waals surface area contributed by atoms with E-state index in [0.717, 1.165) is 19.3 Å². The summed E-state index contributed by atoms with van der Waals surface area (Å²) in [7, 11) is 0. The van der Waals surface area contributed by atoms with Gasteiger partial charge in [0, 0.05) is 0 Å². The number of hydrogen-bond acceptors (Lipinski definition) is 4. The molecule has 0 radical (unpaired) electrons. The van der Waals surface area contributed by atoms with Crippen LogP contribution in [0.5, 0.6) is 0 Å². The summed E-state index contributed by atoms with van der Waals surface area (Å²) in [6.45, 7) is 5.49. The van der Waals surface area contributed by atoms with Gasteiger partial charge in [0.1, 0.15) is 11.6 Å². The van der Waals surface area contributed by atoms with E-state index in [1.54, 1.807) is 0 Å². The van der Waals surface area contributed by atoms with E-state index in [4.69, 9.17) is 10.5 Å². The van der Waals surface area contributed by atoms with Crippen molar-refractivity contribution < 1.29 is 14.6 Å². The Balaban J connectivity index is 2.34. The van der Waals surface area contributed by atoms with Gasteiger partial charge in [-0.25, -0.2) is 0 Å². The van der Waals surface area contributed by atoms with Crippen LogP contribution in [0.25, 0.3) is 0 Å². The van der Waals surface area contributed by atoms with E-state index in [-0.39, 0.29) is 12.1 Å². The monoisotopic (exact) mass is 229 g/mol. The summed E-state index contributed by atoms with van der Waals surface area (Å²) in [4.78, 5) is 11.6. The van der Waals surface area contributed by atoms with Gasteiger partial charge in [0.05, 0.1) is 6.10 Å². The van der Waals surface area contributed by atoms with Crippen molar-refractivity contribution in [1.29, 1.82) is 0 Å². The Bertz CT molecular complexity index is 247. The second kappa shape index (κ2) is 5.15. The number of esters is 1. The van der Waals surface area contributed by atoms with Crippen molar-refractivity contribution in [3.8, 4) is 0 Å². The van der Waals surface area contributed by atoms with E-state index in [9.17, 15) is 9.90 Å². The summed E-state index contributed by atoms with van der Waals surface area (Å²) in [5.41, 5.74) is 5.31. The van der Waals surface area contributed by atoms with Crippen LogP contribution >= 0.6 is 0 Å². The lowest BCUT2D eigenvalue weighted by molar-refractivity contribution is -0.156. The minimum absolute atomic E-state index is 0.212. The molecule has 1 aliphatic rings. The highest BCUT2D eigenvalue weighted by atomic mass is 16.6. The molecular weight excluding hydrogens is 206 g/mol. The lowest BCUT2D eigenvalue weighted by Crippen LogP contribution is -2.38. The van der Waals surface area contributed by atoms with E-state index in [2.05, 4.69) is 0 Å². The normalized spacial score (nSPS) is 27.8. The average molecular weight is 229 g/mol. The van der Waals surface area contributed by atoms with Crippen molar-refractivity contribution in [2.75, 3.05) is 0 Å². The summed E-state index contributed by atoms with van der Waals surface area (Å²) in [5, 5.41) is 9.38. The van der Waals surface area contributed by atoms with Gasteiger partial charge in [-0.15, -0.1) is 0 Å². The maximum Gasteiger partial charge on any atom is 0.323 e. The topological polar surface area (TPSA) is 72.5 Å². The molecule has 0 heterocycles. The van der Waals surface area contributed by atoms with E-state index >= 15 is 0 Å². The van der Waals surface area contributed by atoms with Crippen LogP contribution in [0.15, 0.2) is 0 Å². The SMILES string of the molecule is CC(C)(C)OC(=O)C(N)C[C@H]1CC[C@@H](O)C1. The van der Waals surface area contributed by atoms with Gasteiger partial charge < -0.3 is 15.6 Å². The highest BCUT2D eigenvalue weighted by Gasteiger charge is 2.29. The average Bonchev–Trinajstić information content (AvgIpc) is 2.48. The van der Waals surface area contributed by atoms with E-state index in [0.29, 0.717) is 12.3 Å². The van der Waals surface area contributed by atoms with Gasteiger partial charge in [0.25, 0.3) is 0 Å². The molecule has 1 aliphatic carbocycles. The summed E-state index contributed by atoms with van der Waals surface area (Å²) < 4.78 is 5.21. The van der Waals surface area contributed by atoms with Crippen LogP contribution in [0, 0.1) is 5.92 Å². The van der Waals surface area contributed by atoms with Crippen molar-refractivity contribution in [2.24, 2.45) is 11.7 Å². The molecule has 4 heteroatoms. The van der Waals surface area contributed by atoms with Gasteiger partial charge in [0.2, 0.25) is 0 Å². The lowest BCUT2D eigenvalue weighted by atomic mass is 9.98. The second-order valence-electron chi connectivity index (χ2n) is 5.71. The highest BCUT2D eigenvalue weighted by Crippen LogP contribution is 2.29. The molecule has 0 saturated heterocycles. The van der Waals surface area contributed by atoms with Gasteiger partial charge in [0.15, 0.2) is 0 Å². The number of carbonyl (C=O) groups is 1. The van der Waals surface area contributed by atoms with Gasteiger partial charge in [-0.1, -0.05) is 0 Å². The molecular formula is C12H23NO3. The number of nitrogens with two attached hydrogens (primary N) is 1. The first kappa shape index (κ1) is 13.5. The molecule has 1 rings (SSSR count). The molecule has 16 heavy (non-hydrogen) atoms. The predicted octanol–water partition coefficient (Wildman–Crippen LogP) is 1.21. The van der Waals surface area contributed by atoms with E-state index in [1.165, 1.54) is 0 Å². The fourth-order valence-corrected chi connectivity index (χ4v) is 2.10. The number of rotatable bonds is 3. The standard InChI is InChI=1S/C12H23NO3/c1-12(2,3)16-11(15)10(13)7-8-4-5-9(14)6-8/h8-10,14H,4-7,13H2,1-3H3/t8-,9+,10?/m0/s1. The van der Waals surface area contributed by atoms with Crippen LogP contribution in [0.2, 0.25) is 0 Å². The summed E-state index contributed by atoms with van der Waals surface area (Å²) in [6, 6.07) is -0.561. The minimum atomic E-state index is -0.561. The molecule has 94 valence electrons. The molecule has 1 fully saturated rings. The largest absolute Gasteiger partial charge is 0.459 e. The Labute approximate surface area is 97.2 Å². The minimum Gasteiger partial charge on any atom is -0.459 e. The maximum atomic E-state index is 11.6. The van der Waals surface area contributed by atoms with Crippen LogP contribution in [-0.2, 0) is 9.53 Å². The molecule has 0 aromatic rings. The van der Waals surface area contributed by atoms with Crippen LogP contribution in [0.1, 0.15) is 46.5 Å². The molecule has 0 aromatic heterocycles. The molecule has 0 bridgehead atoms. The zero-order chi connectivity index (χ0) is 12.3. The summed E-state index contributed by atoms with van der Waals surface area (Å²) in [6.07, 6.45) is 2.95. The fourth-order valence-electron chi connectivity index (χ4n) is 2.10. The van der Waals surface area contributed by atoms with Crippen molar-refractivity contribution in [3.63, 3.8) is 0 Å². The van der Waals surface area contributed by atoms with Crippen LogP contribution in [0.4, 0.5) is 0 Å². The number of ether oxygens (including phenoxy) is 1. The van der Waals surface area contributed by atoms with Crippen molar-refractivity contribution in [2.45, 2.75) is 64.2 Å². The molecule has 0 aliphatic heterocycles. The van der Waals surface area contributed by atoms with Crippen LogP contribution in [-0.4, -0.2) is 28.8 Å². The Kier molecular flexibility index (Phi) is 4.33. The first-order chi connectivity index (χ1) is 7.28. The van der Waals surface area contributed by atoms with Crippen molar-refractivity contribution >= 4 is 5.97 Å². The molecule has 1 unspecified atom stereocenters.